The Bertz CT molecular complexity index is 2300. The molecule has 1 aromatic heterocycles. The summed E-state index contributed by atoms with van der Waals surface area (Å²) in [4.78, 5) is 94.1. The number of aryl methyl sites for hydroxylation is 1. The third kappa shape index (κ3) is 14.0. The number of hydrogen-bond donors (Lipinski definition) is 2. The lowest BCUT2D eigenvalue weighted by molar-refractivity contribution is -0.146. The summed E-state index contributed by atoms with van der Waals surface area (Å²) in [6, 6.07) is 5.96. The molecular formula is C48H73N11O10S. The number of nitrogens with one attached hydrogen (secondary N) is 2. The second kappa shape index (κ2) is 24.9. The number of imide groups is 1. The molecule has 386 valence electrons. The van der Waals surface area contributed by atoms with Crippen LogP contribution in [0.1, 0.15) is 78.0 Å². The van der Waals surface area contributed by atoms with Gasteiger partial charge in [-0.3, -0.25) is 43.1 Å². The molecule has 2 fully saturated rings. The Labute approximate surface area is 412 Å². The molecule has 2 N–H and O–H groups in total. The Hall–Kier alpha value is -5.74. The van der Waals surface area contributed by atoms with E-state index in [1.54, 1.807) is 61.2 Å². The van der Waals surface area contributed by atoms with Gasteiger partial charge in [-0.15, -0.1) is 5.10 Å². The topological polar surface area (TPSA) is 238 Å². The average molecular weight is 996 g/mol. The van der Waals surface area contributed by atoms with E-state index in [2.05, 4.69) is 20.4 Å². The molecule has 0 aliphatic carbocycles. The molecule has 4 heterocycles. The summed E-state index contributed by atoms with van der Waals surface area (Å²) in [6.07, 6.45) is 4.28. The van der Waals surface area contributed by atoms with Crippen LogP contribution in [0.25, 0.3) is 0 Å². The molecule has 8 atom stereocenters. The average Bonchev–Trinajstić information content (AvgIpc) is 4.13. The molecule has 21 nitrogen and oxygen atoms in total. The number of aromatic nitrogens is 3. The maximum atomic E-state index is 14.4. The number of benzene rings is 1. The molecule has 22 heteroatoms. The minimum absolute atomic E-state index is 0.0160. The first-order chi connectivity index (χ1) is 33.2. The first kappa shape index (κ1) is 55.2. The van der Waals surface area contributed by atoms with Crippen LogP contribution in [0.5, 0.6) is 0 Å². The van der Waals surface area contributed by atoms with Crippen LogP contribution in [0.4, 0.5) is 0 Å². The molecule has 0 spiro atoms. The standard InChI is InChI=1S/C48H73N11O10S/c1-11-32(4)43(56(8)47(65)42(31(2)3)50-48-54(6)24-25-55(48)7)38(68-9)28-41(62)58-23-15-19-37(58)44(69-10)33(5)45(63)49-36(27-34-17-13-12-14-18-34)46(64)52-70(66,67)26-16-22-57-29-35(51-53-57)30-59-39(60)20-21-40(59)61/h12-14,17-18,20-21,29,31-33,36-38,42-44H,11,15-16,19,22-28,30H2,1-10H3,(H,49,63)(H,52,64)/t32-,33+,36-,37-,38+,42-,43-,44+/m0/s1. The summed E-state index contributed by atoms with van der Waals surface area (Å²) >= 11 is 0. The van der Waals surface area contributed by atoms with Crippen molar-refractivity contribution in [2.75, 3.05) is 60.7 Å². The number of ether oxygens (including phenoxy) is 2. The predicted molar refractivity (Wildman–Crippen MR) is 261 cm³/mol. The van der Waals surface area contributed by atoms with E-state index in [4.69, 9.17) is 14.5 Å². The summed E-state index contributed by atoms with van der Waals surface area (Å²) in [5.41, 5.74) is 1.01. The third-order valence-electron chi connectivity index (χ3n) is 13.6. The number of carbonyl (C=O) groups is 6. The number of rotatable bonds is 25. The number of likely N-dealkylation sites (tertiary alicyclic amines) is 1. The molecule has 70 heavy (non-hydrogen) atoms. The van der Waals surface area contributed by atoms with Crippen LogP contribution in [-0.2, 0) is 67.8 Å². The van der Waals surface area contributed by atoms with E-state index in [0.29, 0.717) is 30.6 Å². The zero-order chi connectivity index (χ0) is 51.4. The van der Waals surface area contributed by atoms with E-state index in [-0.39, 0.29) is 56.0 Å². The second-order valence-corrected chi connectivity index (χ2v) is 20.9. The lowest BCUT2D eigenvalue weighted by Crippen LogP contribution is -2.56. The largest absolute Gasteiger partial charge is 0.379 e. The lowest BCUT2D eigenvalue weighted by Gasteiger charge is -2.40. The Morgan fingerprint density at radius 1 is 0.943 bits per heavy atom. The van der Waals surface area contributed by atoms with Crippen LogP contribution in [-0.4, -0.2) is 186 Å². The first-order valence-electron chi connectivity index (χ1n) is 24.1. The molecule has 6 amide bonds. The minimum atomic E-state index is -4.20. The molecule has 0 radical (unpaired) electrons. The molecule has 0 unspecified atom stereocenters. The van der Waals surface area contributed by atoms with Crippen molar-refractivity contribution in [1.29, 1.82) is 0 Å². The summed E-state index contributed by atoms with van der Waals surface area (Å²) < 4.78 is 42.1. The number of likely N-dealkylation sites (N-methyl/N-ethyl adjacent to an activating group) is 3. The van der Waals surface area contributed by atoms with Gasteiger partial charge in [-0.2, -0.15) is 0 Å². The Morgan fingerprint density at radius 3 is 2.20 bits per heavy atom. The maximum absolute atomic E-state index is 14.4. The molecule has 3 aliphatic heterocycles. The number of aliphatic imine (C=N–C) groups is 1. The quantitative estimate of drug-likeness (QED) is 0.134. The predicted octanol–water partition coefficient (Wildman–Crippen LogP) is 1.44. The SMILES string of the molecule is CC[C@H](C)[C@@H]([C@@H](CC(=O)N1CCC[C@H]1[C@H](OC)[C@@H](C)C(=O)N[C@@H](Cc1ccccc1)C(=O)NS(=O)(=O)CCCn1cc(CN2C(=O)C=CC2=O)nn1)OC)N(C)C(=O)[C@@H](N=C1N(C)CCN1C)C(C)C. The van der Waals surface area contributed by atoms with Crippen molar-refractivity contribution < 1.29 is 46.7 Å². The highest BCUT2D eigenvalue weighted by Gasteiger charge is 2.43. The molecule has 2 aromatic rings. The first-order valence-corrected chi connectivity index (χ1v) is 25.8. The number of guanidine groups is 1. The second-order valence-electron chi connectivity index (χ2n) is 19.0. The zero-order valence-corrected chi connectivity index (χ0v) is 43.1. The van der Waals surface area contributed by atoms with E-state index >= 15 is 0 Å². The smallest absolute Gasteiger partial charge is 0.256 e. The van der Waals surface area contributed by atoms with Crippen LogP contribution in [0.3, 0.4) is 0 Å². The van der Waals surface area contributed by atoms with E-state index in [9.17, 15) is 37.2 Å². The third-order valence-corrected chi connectivity index (χ3v) is 15.0. The van der Waals surface area contributed by atoms with E-state index < -0.39 is 81.7 Å². The van der Waals surface area contributed by atoms with Gasteiger partial charge in [0.15, 0.2) is 5.96 Å². The number of carbonyl (C=O) groups excluding carboxylic acids is 6. The Kier molecular flexibility index (Phi) is 19.6. The molecular weight excluding hydrogens is 923 g/mol. The normalized spacial score (nSPS) is 19.3. The highest BCUT2D eigenvalue weighted by atomic mass is 32.2. The highest BCUT2D eigenvalue weighted by Crippen LogP contribution is 2.30. The summed E-state index contributed by atoms with van der Waals surface area (Å²) in [5.74, 6) is -3.52. The number of amides is 6. The summed E-state index contributed by atoms with van der Waals surface area (Å²) in [7, 11) is 4.50. The molecule has 5 rings (SSSR count). The molecule has 2 saturated heterocycles. The van der Waals surface area contributed by atoms with Gasteiger partial charge in [0.1, 0.15) is 17.8 Å². The van der Waals surface area contributed by atoms with Crippen LogP contribution in [0, 0.1) is 17.8 Å². The van der Waals surface area contributed by atoms with E-state index in [1.165, 1.54) is 18.0 Å². The summed E-state index contributed by atoms with van der Waals surface area (Å²) in [5, 5.41) is 10.7. The van der Waals surface area contributed by atoms with Crippen LogP contribution in [0.2, 0.25) is 0 Å². The van der Waals surface area contributed by atoms with Crippen molar-refractivity contribution in [1.82, 2.24) is 49.5 Å². The zero-order valence-electron chi connectivity index (χ0n) is 42.3. The fourth-order valence-corrected chi connectivity index (χ4v) is 10.5. The molecule has 0 bridgehead atoms. The fourth-order valence-electron chi connectivity index (χ4n) is 9.44. The van der Waals surface area contributed by atoms with Gasteiger partial charge >= 0.3 is 0 Å². The van der Waals surface area contributed by atoms with Crippen LogP contribution >= 0.6 is 0 Å². The summed E-state index contributed by atoms with van der Waals surface area (Å²) in [6.45, 7) is 11.7. The Balaban J connectivity index is 1.24. The number of hydrogen-bond acceptors (Lipinski definition) is 13. The van der Waals surface area contributed by atoms with Gasteiger partial charge in [-0.25, -0.2) is 13.4 Å². The van der Waals surface area contributed by atoms with Gasteiger partial charge in [0, 0.05) is 80.1 Å². The minimum Gasteiger partial charge on any atom is -0.379 e. The molecule has 3 aliphatic rings. The van der Waals surface area contributed by atoms with Crippen molar-refractivity contribution in [2.45, 2.75) is 123 Å². The number of methoxy groups -OCH3 is 2. The Morgan fingerprint density at radius 2 is 1.60 bits per heavy atom. The van der Waals surface area contributed by atoms with Crippen molar-refractivity contribution in [3.63, 3.8) is 0 Å². The lowest BCUT2D eigenvalue weighted by atomic mass is 9.89. The van der Waals surface area contributed by atoms with Gasteiger partial charge in [0.2, 0.25) is 27.7 Å². The fraction of sp³-hybridized carbons (Fsp3) is 0.646. The van der Waals surface area contributed by atoms with Gasteiger partial charge < -0.3 is 34.4 Å². The molecule has 1 aromatic carbocycles. The van der Waals surface area contributed by atoms with Crippen molar-refractivity contribution >= 4 is 51.4 Å². The van der Waals surface area contributed by atoms with Crippen molar-refractivity contribution in [3.8, 4) is 0 Å². The van der Waals surface area contributed by atoms with Crippen molar-refractivity contribution in [3.05, 3.63) is 59.9 Å². The van der Waals surface area contributed by atoms with E-state index in [1.807, 2.05) is 51.6 Å². The molecule has 0 saturated carbocycles. The van der Waals surface area contributed by atoms with Crippen LogP contribution < -0.4 is 10.0 Å². The van der Waals surface area contributed by atoms with Crippen molar-refractivity contribution in [2.24, 2.45) is 22.7 Å². The maximum Gasteiger partial charge on any atom is 0.256 e. The van der Waals surface area contributed by atoms with Gasteiger partial charge in [0.25, 0.3) is 17.7 Å². The van der Waals surface area contributed by atoms with Crippen LogP contribution in [0.15, 0.2) is 53.7 Å². The number of sulfonamides is 1. The number of nitrogens with zero attached hydrogens (tertiary/aromatic N) is 9. The van der Waals surface area contributed by atoms with Gasteiger partial charge in [-0.05, 0) is 36.7 Å². The monoisotopic (exact) mass is 996 g/mol. The highest BCUT2D eigenvalue weighted by molar-refractivity contribution is 7.90. The van der Waals surface area contributed by atoms with Gasteiger partial charge in [0.05, 0.1) is 55.1 Å². The van der Waals surface area contributed by atoms with Gasteiger partial charge in [-0.1, -0.05) is 76.6 Å². The van der Waals surface area contributed by atoms with E-state index in [0.717, 1.165) is 42.5 Å².